The zero-order valence-corrected chi connectivity index (χ0v) is 19.2. The lowest BCUT2D eigenvalue weighted by Crippen LogP contribution is -2.48. The van der Waals surface area contributed by atoms with Gasteiger partial charge in [0.1, 0.15) is 11.8 Å². The third kappa shape index (κ3) is 7.69. The van der Waals surface area contributed by atoms with Crippen LogP contribution in [0.1, 0.15) is 29.8 Å². The molecule has 164 valence electrons. The number of hydrogen-bond acceptors (Lipinski definition) is 5. The van der Waals surface area contributed by atoms with Crippen molar-refractivity contribution < 1.29 is 19.1 Å². The number of halogens is 2. The first-order valence-corrected chi connectivity index (χ1v) is 10.4. The summed E-state index contributed by atoms with van der Waals surface area (Å²) in [5.41, 5.74) is 8.43. The van der Waals surface area contributed by atoms with Gasteiger partial charge in [0.05, 0.1) is 6.21 Å². The molecule has 2 rings (SSSR count). The molecule has 0 saturated heterocycles. The third-order valence-corrected chi connectivity index (χ3v) is 4.81. The van der Waals surface area contributed by atoms with Gasteiger partial charge in [0, 0.05) is 20.6 Å². The van der Waals surface area contributed by atoms with Gasteiger partial charge in [0.15, 0.2) is 6.61 Å². The Kier molecular flexibility index (Phi) is 9.02. The van der Waals surface area contributed by atoms with Crippen LogP contribution in [0.4, 0.5) is 0 Å². The van der Waals surface area contributed by atoms with Crippen LogP contribution in [0.5, 0.6) is 5.75 Å². The summed E-state index contributed by atoms with van der Waals surface area (Å²) < 4.78 is 6.09. The molecular weight excluding hydrogens is 488 g/mol. The van der Waals surface area contributed by atoms with E-state index in [9.17, 15) is 14.4 Å². The van der Waals surface area contributed by atoms with Crippen LogP contribution >= 0.6 is 27.5 Å². The van der Waals surface area contributed by atoms with Gasteiger partial charge in [-0.05, 0) is 48.4 Å². The van der Waals surface area contributed by atoms with Crippen molar-refractivity contribution >= 4 is 51.5 Å². The van der Waals surface area contributed by atoms with Crippen molar-refractivity contribution in [2.24, 2.45) is 16.8 Å². The molecule has 2 aromatic rings. The number of ether oxygens (including phenoxy) is 1. The molecule has 0 bridgehead atoms. The number of nitrogens with zero attached hydrogens (tertiary/aromatic N) is 1. The summed E-state index contributed by atoms with van der Waals surface area (Å²) in [7, 11) is 0. The van der Waals surface area contributed by atoms with E-state index >= 15 is 0 Å². The number of nitrogens with two attached hydrogens (primary N) is 1. The van der Waals surface area contributed by atoms with Crippen LogP contribution in [0, 0.1) is 5.92 Å². The first-order chi connectivity index (χ1) is 14.7. The first kappa shape index (κ1) is 24.4. The topological polar surface area (TPSA) is 123 Å². The first-order valence-electron chi connectivity index (χ1n) is 9.27. The largest absolute Gasteiger partial charge is 0.483 e. The van der Waals surface area contributed by atoms with Crippen molar-refractivity contribution in [1.29, 1.82) is 0 Å². The Hall–Kier alpha value is -2.91. The molecular formula is C21H22BrClN4O4. The number of carbonyl (C=O) groups is 3. The van der Waals surface area contributed by atoms with E-state index in [0.29, 0.717) is 21.9 Å². The van der Waals surface area contributed by atoms with Crippen LogP contribution in [0.15, 0.2) is 52.0 Å². The van der Waals surface area contributed by atoms with E-state index in [-0.39, 0.29) is 12.5 Å². The Morgan fingerprint density at radius 1 is 1.19 bits per heavy atom. The average Bonchev–Trinajstić information content (AvgIpc) is 2.71. The van der Waals surface area contributed by atoms with E-state index in [0.717, 1.165) is 4.47 Å². The van der Waals surface area contributed by atoms with Gasteiger partial charge in [-0.3, -0.25) is 14.4 Å². The van der Waals surface area contributed by atoms with Gasteiger partial charge >= 0.3 is 0 Å². The minimum atomic E-state index is -0.812. The van der Waals surface area contributed by atoms with Gasteiger partial charge < -0.3 is 15.8 Å². The number of primary amides is 1. The summed E-state index contributed by atoms with van der Waals surface area (Å²) in [6.07, 6.45) is 1.37. The van der Waals surface area contributed by atoms with E-state index in [1.54, 1.807) is 56.3 Å². The Morgan fingerprint density at radius 3 is 2.48 bits per heavy atom. The van der Waals surface area contributed by atoms with Crippen molar-refractivity contribution in [1.82, 2.24) is 10.7 Å². The molecule has 1 atom stereocenters. The van der Waals surface area contributed by atoms with Crippen LogP contribution in [0.2, 0.25) is 5.02 Å². The van der Waals surface area contributed by atoms with E-state index in [1.165, 1.54) is 6.21 Å². The standard InChI is InChI=1S/C21H22BrClN4O4/c1-12(2)19(26-20(29)13-3-6-16(23)7-4-13)21(30)27-25-10-14-9-15(22)5-8-17(14)31-11-18(24)28/h3-10,12,19H,11H2,1-2H3,(H2,24,28)(H,26,29)(H,27,30). The zero-order chi connectivity index (χ0) is 23.0. The number of hydrogen-bond donors (Lipinski definition) is 3. The Morgan fingerprint density at radius 2 is 1.87 bits per heavy atom. The van der Waals surface area contributed by atoms with Crippen molar-refractivity contribution in [3.63, 3.8) is 0 Å². The van der Waals surface area contributed by atoms with Crippen LogP contribution in [-0.2, 0) is 9.59 Å². The molecule has 3 amide bonds. The molecule has 0 aliphatic heterocycles. The molecule has 0 aliphatic rings. The lowest BCUT2D eigenvalue weighted by molar-refractivity contribution is -0.124. The average molecular weight is 510 g/mol. The molecule has 10 heteroatoms. The van der Waals surface area contributed by atoms with Crippen molar-refractivity contribution in [3.05, 3.63) is 63.1 Å². The van der Waals surface area contributed by atoms with E-state index in [2.05, 4.69) is 31.8 Å². The molecule has 1 unspecified atom stereocenters. The van der Waals surface area contributed by atoms with Gasteiger partial charge in [-0.2, -0.15) is 5.10 Å². The van der Waals surface area contributed by atoms with E-state index in [1.807, 2.05) is 0 Å². The lowest BCUT2D eigenvalue weighted by Gasteiger charge is -2.20. The Balaban J connectivity index is 2.07. The molecule has 0 spiro atoms. The summed E-state index contributed by atoms with van der Waals surface area (Å²) in [6.45, 7) is 3.32. The van der Waals surface area contributed by atoms with Crippen molar-refractivity contribution in [2.75, 3.05) is 6.61 Å². The van der Waals surface area contributed by atoms with Gasteiger partial charge in [-0.15, -0.1) is 0 Å². The fraction of sp³-hybridized carbons (Fsp3) is 0.238. The molecule has 8 nitrogen and oxygen atoms in total. The highest BCUT2D eigenvalue weighted by Gasteiger charge is 2.24. The highest BCUT2D eigenvalue weighted by atomic mass is 79.9. The van der Waals surface area contributed by atoms with Gasteiger partial charge in [0.2, 0.25) is 0 Å². The van der Waals surface area contributed by atoms with Crippen LogP contribution in [-0.4, -0.2) is 36.6 Å². The highest BCUT2D eigenvalue weighted by Crippen LogP contribution is 2.21. The molecule has 2 aromatic carbocycles. The summed E-state index contributed by atoms with van der Waals surface area (Å²) in [4.78, 5) is 36.0. The molecule has 0 saturated carbocycles. The predicted molar refractivity (Wildman–Crippen MR) is 122 cm³/mol. The smallest absolute Gasteiger partial charge is 0.262 e. The number of benzene rings is 2. The molecule has 0 heterocycles. The molecule has 0 fully saturated rings. The summed E-state index contributed by atoms with van der Waals surface area (Å²) in [5, 5.41) is 7.17. The monoisotopic (exact) mass is 508 g/mol. The maximum Gasteiger partial charge on any atom is 0.262 e. The van der Waals surface area contributed by atoms with E-state index < -0.39 is 23.8 Å². The van der Waals surface area contributed by atoms with Gasteiger partial charge in [0.25, 0.3) is 17.7 Å². The van der Waals surface area contributed by atoms with Gasteiger partial charge in [-0.25, -0.2) is 5.43 Å². The second-order valence-electron chi connectivity index (χ2n) is 6.87. The van der Waals surface area contributed by atoms with Crippen LogP contribution in [0.25, 0.3) is 0 Å². The molecule has 0 aromatic heterocycles. The minimum Gasteiger partial charge on any atom is -0.483 e. The Bertz CT molecular complexity index is 980. The van der Waals surface area contributed by atoms with E-state index in [4.69, 9.17) is 22.1 Å². The zero-order valence-electron chi connectivity index (χ0n) is 16.9. The maximum atomic E-state index is 12.6. The van der Waals surface area contributed by atoms with Crippen molar-refractivity contribution in [3.8, 4) is 5.75 Å². The fourth-order valence-electron chi connectivity index (χ4n) is 2.50. The second-order valence-corrected chi connectivity index (χ2v) is 8.23. The normalized spacial score (nSPS) is 11.9. The SMILES string of the molecule is CC(C)C(NC(=O)c1ccc(Cl)cc1)C(=O)NN=Cc1cc(Br)ccc1OCC(N)=O. The Labute approximate surface area is 193 Å². The predicted octanol–water partition coefficient (Wildman–Crippen LogP) is 2.87. The minimum absolute atomic E-state index is 0.188. The third-order valence-electron chi connectivity index (χ3n) is 4.06. The second kappa shape index (κ2) is 11.5. The summed E-state index contributed by atoms with van der Waals surface area (Å²) >= 11 is 9.18. The number of rotatable bonds is 9. The number of carbonyl (C=O) groups excluding carboxylic acids is 3. The van der Waals surface area contributed by atoms with Crippen LogP contribution in [0.3, 0.4) is 0 Å². The quantitative estimate of drug-likeness (QED) is 0.355. The highest BCUT2D eigenvalue weighted by molar-refractivity contribution is 9.10. The summed E-state index contributed by atoms with van der Waals surface area (Å²) in [6, 6.07) is 10.6. The summed E-state index contributed by atoms with van der Waals surface area (Å²) in [5.74, 6) is -1.31. The molecule has 0 aliphatic carbocycles. The number of amides is 3. The van der Waals surface area contributed by atoms with Crippen LogP contribution < -0.4 is 21.2 Å². The molecule has 0 radical (unpaired) electrons. The van der Waals surface area contributed by atoms with Crippen molar-refractivity contribution in [2.45, 2.75) is 19.9 Å². The fourth-order valence-corrected chi connectivity index (χ4v) is 3.00. The maximum absolute atomic E-state index is 12.6. The lowest BCUT2D eigenvalue weighted by atomic mass is 10.0. The number of nitrogens with one attached hydrogen (secondary N) is 2. The molecule has 4 N–H and O–H groups in total. The number of hydrazone groups is 1. The van der Waals surface area contributed by atoms with Gasteiger partial charge in [-0.1, -0.05) is 41.4 Å². The molecule has 31 heavy (non-hydrogen) atoms.